The topological polar surface area (TPSA) is 12.0 Å². The van der Waals surface area contributed by atoms with Crippen LogP contribution in [0.3, 0.4) is 0 Å². The van der Waals surface area contributed by atoms with Crippen LogP contribution in [0.1, 0.15) is 30.5 Å². The first-order valence-electron chi connectivity index (χ1n) is 7.03. The minimum atomic E-state index is 0.365. The fraction of sp³-hybridized carbons (Fsp3) is 0.294. The Balaban J connectivity index is 1.93. The van der Waals surface area contributed by atoms with Crippen LogP contribution < -0.4 is 5.32 Å². The summed E-state index contributed by atoms with van der Waals surface area (Å²) in [4.78, 5) is 0. The molecule has 1 atom stereocenters. The zero-order valence-corrected chi connectivity index (χ0v) is 15.0. The Hall–Kier alpha value is -0.540. The van der Waals surface area contributed by atoms with Gasteiger partial charge in [-0.05, 0) is 54.8 Å². The highest BCUT2D eigenvalue weighted by atomic mass is 79.9. The Morgan fingerprint density at radius 2 is 1.81 bits per heavy atom. The predicted molar refractivity (Wildman–Crippen MR) is 95.3 cm³/mol. The monoisotopic (exact) mass is 385 g/mol. The van der Waals surface area contributed by atoms with E-state index in [0.717, 1.165) is 34.4 Å². The average molecular weight is 387 g/mol. The van der Waals surface area contributed by atoms with Crippen LogP contribution in [0.2, 0.25) is 10.0 Å². The molecule has 2 aromatic rings. The molecule has 0 heterocycles. The van der Waals surface area contributed by atoms with Gasteiger partial charge in [-0.15, -0.1) is 0 Å². The fourth-order valence-corrected chi connectivity index (χ4v) is 3.07. The number of rotatable bonds is 6. The molecule has 0 aliphatic heterocycles. The quantitative estimate of drug-likeness (QED) is 0.638. The maximum absolute atomic E-state index is 6.20. The molecule has 2 rings (SSSR count). The molecule has 0 aliphatic carbocycles. The molecule has 112 valence electrons. The molecule has 0 spiro atoms. The van der Waals surface area contributed by atoms with E-state index in [1.165, 1.54) is 5.56 Å². The maximum atomic E-state index is 6.20. The Bertz CT molecular complexity index is 584. The smallest absolute Gasteiger partial charge is 0.0453 e. The van der Waals surface area contributed by atoms with E-state index in [1.54, 1.807) is 6.07 Å². The van der Waals surface area contributed by atoms with Crippen molar-refractivity contribution in [2.75, 3.05) is 6.54 Å². The van der Waals surface area contributed by atoms with Gasteiger partial charge >= 0.3 is 0 Å². The molecule has 0 aliphatic rings. The van der Waals surface area contributed by atoms with Gasteiger partial charge in [0.05, 0.1) is 0 Å². The number of nitrogens with one attached hydrogen (secondary N) is 1. The highest BCUT2D eigenvalue weighted by molar-refractivity contribution is 9.10. The van der Waals surface area contributed by atoms with Crippen LogP contribution >= 0.6 is 39.1 Å². The van der Waals surface area contributed by atoms with E-state index < -0.39 is 0 Å². The Morgan fingerprint density at radius 3 is 2.43 bits per heavy atom. The van der Waals surface area contributed by atoms with Gasteiger partial charge in [0, 0.05) is 20.6 Å². The number of benzene rings is 2. The Morgan fingerprint density at radius 1 is 1.10 bits per heavy atom. The summed E-state index contributed by atoms with van der Waals surface area (Å²) in [6.07, 6.45) is 1.94. The first kappa shape index (κ1) is 16.8. The SMILES string of the molecule is CCC(NCCc1ccc(Cl)cc1Cl)c1ccc(Br)cc1. The summed E-state index contributed by atoms with van der Waals surface area (Å²) in [5.41, 5.74) is 2.43. The lowest BCUT2D eigenvalue weighted by molar-refractivity contribution is 0.522. The second-order valence-electron chi connectivity index (χ2n) is 4.95. The highest BCUT2D eigenvalue weighted by Gasteiger charge is 2.09. The maximum Gasteiger partial charge on any atom is 0.0453 e. The lowest BCUT2D eigenvalue weighted by atomic mass is 10.0. The molecular formula is C17H18BrCl2N. The van der Waals surface area contributed by atoms with Gasteiger partial charge in [-0.25, -0.2) is 0 Å². The van der Waals surface area contributed by atoms with Gasteiger partial charge < -0.3 is 5.32 Å². The first-order valence-corrected chi connectivity index (χ1v) is 8.58. The van der Waals surface area contributed by atoms with Crippen LogP contribution in [0.4, 0.5) is 0 Å². The van der Waals surface area contributed by atoms with Crippen molar-refractivity contribution in [3.8, 4) is 0 Å². The standard InChI is InChI=1S/C17H18BrCl2N/c1-2-17(13-3-6-14(18)7-4-13)21-10-9-12-5-8-15(19)11-16(12)20/h3-8,11,17,21H,2,9-10H2,1H3. The van der Waals surface area contributed by atoms with E-state index in [2.05, 4.69) is 52.4 Å². The zero-order valence-electron chi connectivity index (χ0n) is 11.9. The molecule has 0 aromatic heterocycles. The molecule has 0 saturated carbocycles. The van der Waals surface area contributed by atoms with Crippen molar-refractivity contribution in [1.29, 1.82) is 0 Å². The summed E-state index contributed by atoms with van der Waals surface area (Å²) in [6, 6.07) is 14.5. The highest BCUT2D eigenvalue weighted by Crippen LogP contribution is 2.22. The minimum Gasteiger partial charge on any atom is -0.310 e. The van der Waals surface area contributed by atoms with Gasteiger partial charge in [-0.2, -0.15) is 0 Å². The van der Waals surface area contributed by atoms with Gasteiger partial charge in [0.25, 0.3) is 0 Å². The summed E-state index contributed by atoms with van der Waals surface area (Å²) in [5, 5.41) is 5.00. The summed E-state index contributed by atoms with van der Waals surface area (Å²) < 4.78 is 1.11. The van der Waals surface area contributed by atoms with Gasteiger partial charge in [0.2, 0.25) is 0 Å². The van der Waals surface area contributed by atoms with Crippen LogP contribution in [0.25, 0.3) is 0 Å². The molecule has 1 N–H and O–H groups in total. The summed E-state index contributed by atoms with van der Waals surface area (Å²) in [5.74, 6) is 0. The largest absolute Gasteiger partial charge is 0.310 e. The summed E-state index contributed by atoms with van der Waals surface area (Å²) >= 11 is 15.6. The average Bonchev–Trinajstić information content (AvgIpc) is 2.47. The van der Waals surface area contributed by atoms with E-state index in [4.69, 9.17) is 23.2 Å². The van der Waals surface area contributed by atoms with Crippen molar-refractivity contribution in [3.05, 3.63) is 68.1 Å². The summed E-state index contributed by atoms with van der Waals surface area (Å²) in [6.45, 7) is 3.07. The van der Waals surface area contributed by atoms with E-state index in [1.807, 2.05) is 12.1 Å². The molecule has 0 amide bonds. The molecule has 1 unspecified atom stereocenters. The van der Waals surface area contributed by atoms with Crippen LogP contribution in [0.15, 0.2) is 46.9 Å². The lowest BCUT2D eigenvalue weighted by Gasteiger charge is -2.18. The van der Waals surface area contributed by atoms with Gasteiger partial charge in [-0.3, -0.25) is 0 Å². The first-order chi connectivity index (χ1) is 10.1. The second-order valence-corrected chi connectivity index (χ2v) is 6.71. The zero-order chi connectivity index (χ0) is 15.2. The Kier molecular flexibility index (Phi) is 6.56. The number of hydrogen-bond acceptors (Lipinski definition) is 1. The molecule has 0 radical (unpaired) electrons. The number of halogens is 3. The molecule has 0 bridgehead atoms. The molecule has 4 heteroatoms. The molecule has 1 nitrogen and oxygen atoms in total. The molecule has 0 fully saturated rings. The van der Waals surface area contributed by atoms with Gasteiger partial charge in [-0.1, -0.05) is 64.3 Å². The van der Waals surface area contributed by atoms with E-state index in [0.29, 0.717) is 11.1 Å². The predicted octanol–water partition coefficient (Wildman–Crippen LogP) is 6.04. The lowest BCUT2D eigenvalue weighted by Crippen LogP contribution is -2.23. The van der Waals surface area contributed by atoms with Crippen LogP contribution in [0, 0.1) is 0 Å². The van der Waals surface area contributed by atoms with Crippen molar-refractivity contribution in [2.24, 2.45) is 0 Å². The third kappa shape index (κ3) is 5.00. The van der Waals surface area contributed by atoms with Crippen molar-refractivity contribution in [1.82, 2.24) is 5.32 Å². The third-order valence-corrected chi connectivity index (χ3v) is 4.60. The van der Waals surface area contributed by atoms with E-state index in [9.17, 15) is 0 Å². The van der Waals surface area contributed by atoms with Crippen molar-refractivity contribution in [2.45, 2.75) is 25.8 Å². The fourth-order valence-electron chi connectivity index (χ4n) is 2.30. The third-order valence-electron chi connectivity index (χ3n) is 3.48. The normalized spacial score (nSPS) is 12.4. The van der Waals surface area contributed by atoms with Crippen LogP contribution in [0.5, 0.6) is 0 Å². The van der Waals surface area contributed by atoms with Gasteiger partial charge in [0.1, 0.15) is 0 Å². The van der Waals surface area contributed by atoms with Gasteiger partial charge in [0.15, 0.2) is 0 Å². The van der Waals surface area contributed by atoms with Crippen LogP contribution in [-0.2, 0) is 6.42 Å². The molecule has 21 heavy (non-hydrogen) atoms. The molecular weight excluding hydrogens is 369 g/mol. The van der Waals surface area contributed by atoms with Crippen molar-refractivity contribution < 1.29 is 0 Å². The second kappa shape index (κ2) is 8.19. The number of hydrogen-bond donors (Lipinski definition) is 1. The minimum absolute atomic E-state index is 0.365. The summed E-state index contributed by atoms with van der Waals surface area (Å²) in [7, 11) is 0. The van der Waals surface area contributed by atoms with E-state index >= 15 is 0 Å². The molecule has 2 aromatic carbocycles. The van der Waals surface area contributed by atoms with Crippen LogP contribution in [-0.4, -0.2) is 6.54 Å². The van der Waals surface area contributed by atoms with E-state index in [-0.39, 0.29) is 0 Å². The van der Waals surface area contributed by atoms with Crippen molar-refractivity contribution in [3.63, 3.8) is 0 Å². The molecule has 0 saturated heterocycles. The Labute approximate surface area is 144 Å². The van der Waals surface area contributed by atoms with Crippen molar-refractivity contribution >= 4 is 39.1 Å².